The van der Waals surface area contributed by atoms with E-state index in [-0.39, 0.29) is 40.8 Å². The minimum Gasteiger partial charge on any atom is -0.511 e. The number of hydrogen-bond donors (Lipinski definition) is 2. The molecular weight excluding hydrogens is 221 g/mol. The molecule has 0 amide bonds. The fourth-order valence-electron chi connectivity index (χ4n) is 0. The van der Waals surface area contributed by atoms with Gasteiger partial charge < -0.3 is 9.59 Å². The largest absolute Gasteiger partial charge is 0.761 e. The van der Waals surface area contributed by atoms with Gasteiger partial charge in [-0.1, -0.05) is 0 Å². The van der Waals surface area contributed by atoms with E-state index in [0.29, 0.717) is 0 Å². The fourth-order valence-corrected chi connectivity index (χ4v) is 0. The van der Waals surface area contributed by atoms with Crippen molar-refractivity contribution < 1.29 is 41.4 Å². The third kappa shape index (κ3) is 93.6. The third-order valence-corrected chi connectivity index (χ3v) is 0. The van der Waals surface area contributed by atoms with E-state index in [1.165, 1.54) is 0 Å². The maximum Gasteiger partial charge on any atom is 0.761 e. The molecule has 0 spiro atoms. The molecular formula is H4CdO3SSi. The van der Waals surface area contributed by atoms with Crippen LogP contribution < -0.4 is 0 Å². The summed E-state index contributed by atoms with van der Waals surface area (Å²) in [6.45, 7) is 0. The van der Waals surface area contributed by atoms with Crippen LogP contribution in [-0.4, -0.2) is 18.8 Å². The van der Waals surface area contributed by atoms with E-state index in [0.717, 1.165) is 0 Å². The number of rotatable bonds is 0. The maximum atomic E-state index is 8.74. The zero-order valence-corrected chi connectivity index (χ0v) is 9.05. The van der Waals surface area contributed by atoms with Crippen molar-refractivity contribution in [2.75, 3.05) is 0 Å². The van der Waals surface area contributed by atoms with Crippen LogP contribution in [0.3, 0.4) is 0 Å². The molecule has 0 bridgehead atoms. The molecule has 0 aliphatic rings. The maximum absolute atomic E-state index is 8.74. The second-order valence-corrected chi connectivity index (χ2v) is 0.848. The van der Waals surface area contributed by atoms with Crippen molar-refractivity contribution >= 4 is 22.7 Å². The molecule has 0 aliphatic heterocycles. The molecule has 0 heterocycles. The molecule has 0 saturated carbocycles. The smallest absolute Gasteiger partial charge is 0.511 e. The summed E-state index contributed by atoms with van der Waals surface area (Å²) in [4.78, 5) is 14.3. The Morgan fingerprint density at radius 2 is 1.33 bits per heavy atom. The van der Waals surface area contributed by atoms with Gasteiger partial charge in [0, 0.05) is 27.3 Å². The fraction of sp³-hybridized carbons (Fsp3) is 0. The van der Waals surface area contributed by atoms with Crippen LogP contribution in [0.2, 0.25) is 0 Å². The molecule has 0 atom stereocenters. The first-order valence-corrected chi connectivity index (χ1v) is 1.95. The molecule has 0 unspecified atom stereocenters. The van der Waals surface area contributed by atoms with E-state index in [2.05, 4.69) is 0 Å². The normalized spacial score (nSPS) is 4.00. The Morgan fingerprint density at radius 1 is 1.33 bits per heavy atom. The first-order valence-electron chi connectivity index (χ1n) is 0.651. The van der Waals surface area contributed by atoms with Crippen molar-refractivity contribution in [2.24, 2.45) is 0 Å². The summed E-state index contributed by atoms with van der Waals surface area (Å²) in [5.41, 5.74) is 0. The van der Waals surface area contributed by atoms with Crippen molar-refractivity contribution in [1.29, 1.82) is 0 Å². The van der Waals surface area contributed by atoms with Crippen LogP contribution in [0.4, 0.5) is 0 Å². The molecule has 6 heavy (non-hydrogen) atoms. The Hall–Kier alpha value is 0.889. The van der Waals surface area contributed by atoms with Gasteiger partial charge in [-0.3, -0.25) is 4.46 Å². The van der Waals surface area contributed by atoms with E-state index in [9.17, 15) is 0 Å². The Morgan fingerprint density at radius 3 is 1.33 bits per heavy atom. The van der Waals surface area contributed by atoms with Crippen molar-refractivity contribution in [3.63, 3.8) is 0 Å². The summed E-state index contributed by atoms with van der Waals surface area (Å²) in [6.07, 6.45) is 0. The molecule has 0 aromatic heterocycles. The Kier molecular flexibility index (Phi) is 24.5. The Labute approximate surface area is 63.9 Å². The van der Waals surface area contributed by atoms with Gasteiger partial charge in [0.05, 0.1) is 0 Å². The first kappa shape index (κ1) is 15.8. The van der Waals surface area contributed by atoms with Crippen LogP contribution in [0.5, 0.6) is 0 Å². The SMILES string of the molecule is O=[Si](O)O.S.[Cd]. The van der Waals surface area contributed by atoms with Gasteiger partial charge in [0.1, 0.15) is 0 Å². The van der Waals surface area contributed by atoms with Gasteiger partial charge in [-0.25, -0.2) is 0 Å². The molecule has 34 valence electrons. The molecule has 3 nitrogen and oxygen atoms in total. The minimum absolute atomic E-state index is 0. The van der Waals surface area contributed by atoms with Gasteiger partial charge in [0.25, 0.3) is 0 Å². The zero-order chi connectivity index (χ0) is 3.58. The number of hydrogen-bond acceptors (Lipinski definition) is 1. The average Bonchev–Trinajstić information content (AvgIpc) is 0.811. The molecule has 0 rings (SSSR count). The first-order chi connectivity index (χ1) is 1.73. The Bertz CT molecular complexity index is 33.8. The zero-order valence-electron chi connectivity index (χ0n) is 3.01. The molecule has 0 aliphatic carbocycles. The minimum atomic E-state index is -3.13. The van der Waals surface area contributed by atoms with Crippen LogP contribution in [-0.2, 0) is 31.8 Å². The van der Waals surface area contributed by atoms with Gasteiger partial charge in [-0.15, -0.1) is 0 Å². The monoisotopic (exact) mass is 226 g/mol. The summed E-state index contributed by atoms with van der Waals surface area (Å²) >= 11 is 0. The molecule has 0 aromatic rings. The van der Waals surface area contributed by atoms with Crippen molar-refractivity contribution in [3.05, 3.63) is 0 Å². The summed E-state index contributed by atoms with van der Waals surface area (Å²) < 4.78 is 8.74. The van der Waals surface area contributed by atoms with Gasteiger partial charge in [0.2, 0.25) is 0 Å². The van der Waals surface area contributed by atoms with E-state index in [4.69, 9.17) is 14.1 Å². The molecule has 0 fully saturated rings. The third-order valence-electron chi connectivity index (χ3n) is 0. The van der Waals surface area contributed by atoms with E-state index in [1.807, 2.05) is 0 Å². The van der Waals surface area contributed by atoms with Crippen LogP contribution >= 0.6 is 13.5 Å². The van der Waals surface area contributed by atoms with Gasteiger partial charge in [-0.05, 0) is 0 Å². The summed E-state index contributed by atoms with van der Waals surface area (Å²) in [5, 5.41) is 0. The van der Waals surface area contributed by atoms with Crippen molar-refractivity contribution in [2.45, 2.75) is 0 Å². The van der Waals surface area contributed by atoms with Crippen LogP contribution in [0.25, 0.3) is 0 Å². The van der Waals surface area contributed by atoms with E-state index >= 15 is 0 Å². The molecule has 0 saturated heterocycles. The van der Waals surface area contributed by atoms with E-state index in [1.54, 1.807) is 0 Å². The predicted octanol–water partition coefficient (Wildman–Crippen LogP) is -1.50. The average molecular weight is 225 g/mol. The second-order valence-electron chi connectivity index (χ2n) is 0.283. The standard InChI is InChI=1S/Cd.H2O3Si.H2S/c;1-4(2)3;/h;1-2H;1H2. The summed E-state index contributed by atoms with van der Waals surface area (Å²) in [7, 11) is -3.13. The van der Waals surface area contributed by atoms with Crippen LogP contribution in [0, 0.1) is 0 Å². The summed E-state index contributed by atoms with van der Waals surface area (Å²) in [6, 6.07) is 0. The van der Waals surface area contributed by atoms with Crippen molar-refractivity contribution in [3.8, 4) is 0 Å². The van der Waals surface area contributed by atoms with Crippen LogP contribution in [0.15, 0.2) is 0 Å². The van der Waals surface area contributed by atoms with Crippen molar-refractivity contribution in [1.82, 2.24) is 0 Å². The van der Waals surface area contributed by atoms with Gasteiger partial charge in [0.15, 0.2) is 0 Å². The Balaban J connectivity index is -0.0000000450. The quantitative estimate of drug-likeness (QED) is 0.493. The molecule has 0 aromatic carbocycles. The predicted molar refractivity (Wildman–Crippen MR) is 21.3 cm³/mol. The van der Waals surface area contributed by atoms with Gasteiger partial charge in [-0.2, -0.15) is 13.5 Å². The topological polar surface area (TPSA) is 57.5 Å². The molecule has 6 heteroatoms. The summed E-state index contributed by atoms with van der Waals surface area (Å²) in [5.74, 6) is 0. The van der Waals surface area contributed by atoms with Gasteiger partial charge >= 0.3 is 9.17 Å². The second kappa shape index (κ2) is 9.31. The van der Waals surface area contributed by atoms with Crippen LogP contribution in [0.1, 0.15) is 0 Å². The molecule has 2 N–H and O–H groups in total. The molecule has 0 radical (unpaired) electrons. The van der Waals surface area contributed by atoms with E-state index < -0.39 is 9.17 Å².